The third-order valence-electron chi connectivity index (χ3n) is 1.08. The van der Waals surface area contributed by atoms with Gasteiger partial charge < -0.3 is 5.11 Å². The van der Waals surface area contributed by atoms with Gasteiger partial charge in [-0.1, -0.05) is 0 Å². The molecule has 0 heterocycles. The lowest BCUT2D eigenvalue weighted by atomic mass is 10.2. The normalized spacial score (nSPS) is 9.90. The molecule has 53 valence electrons. The minimum absolute atomic E-state index is 0.249. The topological polar surface area (TPSA) is 20.2 Å². The van der Waals surface area contributed by atoms with E-state index in [-0.39, 0.29) is 12.2 Å². The van der Waals surface area contributed by atoms with E-state index in [4.69, 9.17) is 5.11 Å². The number of hydrogen-bond acceptors (Lipinski definition) is 1. The quantitative estimate of drug-likeness (QED) is 0.627. The Kier molecular flexibility index (Phi) is 1.97. The Bertz CT molecular complexity index is 235. The van der Waals surface area contributed by atoms with Crippen LogP contribution in [0.3, 0.4) is 0 Å². The van der Waals surface area contributed by atoms with E-state index in [2.05, 4.69) is 6.07 Å². The third kappa shape index (κ3) is 1.30. The standard InChI is InChI=1S/C7H5F2O/c8-6-2-1-5(4-10)3-7(6)9/h2-3,10H,4H2. The summed E-state index contributed by atoms with van der Waals surface area (Å²) in [7, 11) is 0. The molecule has 1 radical (unpaired) electrons. The zero-order valence-corrected chi connectivity index (χ0v) is 5.06. The first-order valence-corrected chi connectivity index (χ1v) is 2.70. The van der Waals surface area contributed by atoms with Gasteiger partial charge in [-0.2, -0.15) is 0 Å². The molecular weight excluding hydrogens is 138 g/mol. The van der Waals surface area contributed by atoms with E-state index < -0.39 is 11.6 Å². The van der Waals surface area contributed by atoms with Crippen LogP contribution in [0, 0.1) is 17.7 Å². The Balaban J connectivity index is 3.04. The Morgan fingerprint density at radius 2 is 2.10 bits per heavy atom. The van der Waals surface area contributed by atoms with Crippen LogP contribution < -0.4 is 0 Å². The van der Waals surface area contributed by atoms with Crippen molar-refractivity contribution in [2.45, 2.75) is 6.61 Å². The van der Waals surface area contributed by atoms with Crippen LogP contribution in [-0.2, 0) is 6.61 Å². The van der Waals surface area contributed by atoms with E-state index in [0.29, 0.717) is 0 Å². The highest BCUT2D eigenvalue weighted by atomic mass is 19.2. The third-order valence-corrected chi connectivity index (χ3v) is 1.08. The van der Waals surface area contributed by atoms with Crippen molar-refractivity contribution in [1.82, 2.24) is 0 Å². The monoisotopic (exact) mass is 143 g/mol. The molecular formula is C7H5F2O. The van der Waals surface area contributed by atoms with Gasteiger partial charge in [0.2, 0.25) is 0 Å². The van der Waals surface area contributed by atoms with Crippen molar-refractivity contribution in [3.63, 3.8) is 0 Å². The van der Waals surface area contributed by atoms with E-state index in [9.17, 15) is 8.78 Å². The molecule has 0 saturated carbocycles. The highest BCUT2D eigenvalue weighted by Gasteiger charge is 2.00. The fourth-order valence-corrected chi connectivity index (χ4v) is 0.580. The van der Waals surface area contributed by atoms with E-state index >= 15 is 0 Å². The zero-order chi connectivity index (χ0) is 7.56. The maximum Gasteiger partial charge on any atom is 0.159 e. The summed E-state index contributed by atoms with van der Waals surface area (Å²) >= 11 is 0. The minimum atomic E-state index is -0.956. The highest BCUT2D eigenvalue weighted by molar-refractivity contribution is 5.15. The maximum atomic E-state index is 12.3. The molecule has 1 nitrogen and oxygen atoms in total. The number of aliphatic hydroxyl groups is 1. The maximum absolute atomic E-state index is 12.3. The summed E-state index contributed by atoms with van der Waals surface area (Å²) in [6.45, 7) is -0.322. The molecule has 0 spiro atoms. The molecule has 0 unspecified atom stereocenters. The summed E-state index contributed by atoms with van der Waals surface area (Å²) in [6.07, 6.45) is 0. The van der Waals surface area contributed by atoms with Crippen LogP contribution in [0.1, 0.15) is 5.56 Å². The second-order valence-corrected chi connectivity index (χ2v) is 1.81. The largest absolute Gasteiger partial charge is 0.392 e. The first-order valence-electron chi connectivity index (χ1n) is 2.70. The first kappa shape index (κ1) is 7.15. The average molecular weight is 143 g/mol. The molecule has 0 aliphatic carbocycles. The molecule has 0 aliphatic rings. The van der Waals surface area contributed by atoms with Gasteiger partial charge in [0, 0.05) is 0 Å². The van der Waals surface area contributed by atoms with Crippen molar-refractivity contribution in [2.24, 2.45) is 0 Å². The second kappa shape index (κ2) is 2.75. The van der Waals surface area contributed by atoms with Crippen LogP contribution in [0.2, 0.25) is 0 Å². The van der Waals surface area contributed by atoms with E-state index in [1.807, 2.05) is 0 Å². The van der Waals surface area contributed by atoms with Crippen LogP contribution in [0.15, 0.2) is 12.1 Å². The second-order valence-electron chi connectivity index (χ2n) is 1.81. The molecule has 0 bridgehead atoms. The number of aliphatic hydroxyl groups excluding tert-OH is 1. The molecule has 0 atom stereocenters. The fourth-order valence-electron chi connectivity index (χ4n) is 0.580. The van der Waals surface area contributed by atoms with Gasteiger partial charge in [0.1, 0.15) is 0 Å². The van der Waals surface area contributed by atoms with Gasteiger partial charge in [-0.25, -0.2) is 8.78 Å². The van der Waals surface area contributed by atoms with Crippen LogP contribution in [0.5, 0.6) is 0 Å². The molecule has 0 fully saturated rings. The van der Waals surface area contributed by atoms with Gasteiger partial charge >= 0.3 is 0 Å². The number of rotatable bonds is 1. The summed E-state index contributed by atoms with van der Waals surface area (Å²) in [4.78, 5) is 0. The summed E-state index contributed by atoms with van der Waals surface area (Å²) in [6, 6.07) is 4.14. The molecule has 0 saturated heterocycles. The predicted octanol–water partition coefficient (Wildman–Crippen LogP) is 1.26. The molecule has 1 aromatic rings. The Morgan fingerprint density at radius 1 is 1.40 bits per heavy atom. The Hall–Kier alpha value is -0.960. The van der Waals surface area contributed by atoms with Crippen LogP contribution in [0.4, 0.5) is 8.78 Å². The van der Waals surface area contributed by atoms with E-state index in [1.54, 1.807) is 0 Å². The molecule has 0 amide bonds. The molecule has 0 aromatic heterocycles. The molecule has 0 aliphatic heterocycles. The summed E-state index contributed by atoms with van der Waals surface area (Å²) in [5.41, 5.74) is 0.249. The summed E-state index contributed by atoms with van der Waals surface area (Å²) in [5, 5.41) is 8.43. The van der Waals surface area contributed by atoms with Gasteiger partial charge in [0.15, 0.2) is 11.6 Å². The lowest BCUT2D eigenvalue weighted by molar-refractivity contribution is 0.280. The van der Waals surface area contributed by atoms with Crippen LogP contribution >= 0.6 is 0 Å². The van der Waals surface area contributed by atoms with Gasteiger partial charge in [0.05, 0.1) is 6.61 Å². The molecule has 1 rings (SSSR count). The van der Waals surface area contributed by atoms with Crippen molar-refractivity contribution < 1.29 is 13.9 Å². The zero-order valence-electron chi connectivity index (χ0n) is 5.06. The Morgan fingerprint density at radius 3 is 2.60 bits per heavy atom. The number of hydrogen-bond donors (Lipinski definition) is 1. The minimum Gasteiger partial charge on any atom is -0.392 e. The lowest BCUT2D eigenvalue weighted by Gasteiger charge is -1.94. The van der Waals surface area contributed by atoms with Gasteiger partial charge in [0.25, 0.3) is 0 Å². The van der Waals surface area contributed by atoms with Gasteiger partial charge in [-0.3, -0.25) is 0 Å². The SMILES string of the molecule is OCc1[c]cc(F)c(F)c1. The molecule has 1 aromatic carbocycles. The summed E-state index contributed by atoms with van der Waals surface area (Å²) < 4.78 is 24.4. The molecule has 10 heavy (non-hydrogen) atoms. The predicted molar refractivity (Wildman–Crippen MR) is 31.1 cm³/mol. The average Bonchev–Trinajstić information content (AvgIpc) is 1.95. The number of benzene rings is 1. The van der Waals surface area contributed by atoms with Crippen molar-refractivity contribution >= 4 is 0 Å². The smallest absolute Gasteiger partial charge is 0.159 e. The number of halogens is 2. The van der Waals surface area contributed by atoms with Gasteiger partial charge in [-0.15, -0.1) is 0 Å². The van der Waals surface area contributed by atoms with Crippen molar-refractivity contribution in [3.8, 4) is 0 Å². The van der Waals surface area contributed by atoms with Crippen molar-refractivity contribution in [1.29, 1.82) is 0 Å². The first-order chi connectivity index (χ1) is 4.74. The van der Waals surface area contributed by atoms with Gasteiger partial charge in [-0.05, 0) is 23.8 Å². The lowest BCUT2D eigenvalue weighted by Crippen LogP contribution is -1.88. The van der Waals surface area contributed by atoms with Crippen molar-refractivity contribution in [3.05, 3.63) is 35.4 Å². The van der Waals surface area contributed by atoms with Crippen LogP contribution in [-0.4, -0.2) is 5.11 Å². The van der Waals surface area contributed by atoms with E-state index in [1.165, 1.54) is 0 Å². The van der Waals surface area contributed by atoms with Crippen LogP contribution in [0.25, 0.3) is 0 Å². The highest BCUT2D eigenvalue weighted by Crippen LogP contribution is 2.07. The fraction of sp³-hybridized carbons (Fsp3) is 0.143. The van der Waals surface area contributed by atoms with Crippen molar-refractivity contribution in [2.75, 3.05) is 0 Å². The molecule has 3 heteroatoms. The summed E-state index contributed by atoms with van der Waals surface area (Å²) in [5.74, 6) is -1.90. The Labute approximate surface area is 56.9 Å². The van der Waals surface area contributed by atoms with E-state index in [0.717, 1.165) is 12.1 Å². The molecule has 1 N–H and O–H groups in total.